The van der Waals surface area contributed by atoms with E-state index in [4.69, 9.17) is 4.74 Å². The minimum atomic E-state index is -3.80. The SMILES string of the molecule is CCOC(=O)c1cn[nH]c1S(=O)(=O)NC1CCCCCC1. The highest BCUT2D eigenvalue weighted by atomic mass is 32.2. The molecule has 118 valence electrons. The molecule has 0 radical (unpaired) electrons. The third kappa shape index (κ3) is 4.04. The maximum absolute atomic E-state index is 12.4. The quantitative estimate of drug-likeness (QED) is 0.634. The molecule has 0 bridgehead atoms. The number of sulfonamides is 1. The van der Waals surface area contributed by atoms with Crippen LogP contribution in [0.25, 0.3) is 0 Å². The van der Waals surface area contributed by atoms with Crippen molar-refractivity contribution in [2.24, 2.45) is 0 Å². The smallest absolute Gasteiger partial charge is 0.342 e. The number of rotatable bonds is 5. The fraction of sp³-hybridized carbons (Fsp3) is 0.692. The molecule has 1 aliphatic rings. The molecule has 7 nitrogen and oxygen atoms in total. The molecule has 1 saturated carbocycles. The zero-order valence-corrected chi connectivity index (χ0v) is 12.9. The Morgan fingerprint density at radius 2 is 2.05 bits per heavy atom. The number of esters is 1. The van der Waals surface area contributed by atoms with Gasteiger partial charge in [0.25, 0.3) is 10.0 Å². The van der Waals surface area contributed by atoms with Gasteiger partial charge in [0.15, 0.2) is 5.03 Å². The van der Waals surface area contributed by atoms with Gasteiger partial charge in [-0.05, 0) is 19.8 Å². The second-order valence-corrected chi connectivity index (χ2v) is 6.79. The Labute approximate surface area is 124 Å². The van der Waals surface area contributed by atoms with Crippen molar-refractivity contribution in [1.82, 2.24) is 14.9 Å². The van der Waals surface area contributed by atoms with Crippen molar-refractivity contribution in [3.63, 3.8) is 0 Å². The van der Waals surface area contributed by atoms with Crippen LogP contribution in [-0.4, -0.2) is 37.2 Å². The van der Waals surface area contributed by atoms with Crippen LogP contribution in [0.3, 0.4) is 0 Å². The molecule has 8 heteroatoms. The predicted octanol–water partition coefficient (Wildman–Crippen LogP) is 1.59. The average molecular weight is 315 g/mol. The summed E-state index contributed by atoms with van der Waals surface area (Å²) in [7, 11) is -3.80. The number of H-pyrrole nitrogens is 1. The van der Waals surface area contributed by atoms with E-state index in [-0.39, 0.29) is 23.2 Å². The minimum absolute atomic E-state index is 0.0574. The summed E-state index contributed by atoms with van der Waals surface area (Å²) in [5.74, 6) is -0.688. The van der Waals surface area contributed by atoms with E-state index in [9.17, 15) is 13.2 Å². The van der Waals surface area contributed by atoms with Crippen LogP contribution in [0.2, 0.25) is 0 Å². The van der Waals surface area contributed by atoms with Crippen LogP contribution in [0.1, 0.15) is 55.8 Å². The second kappa shape index (κ2) is 7.04. The highest BCUT2D eigenvalue weighted by Gasteiger charge is 2.28. The van der Waals surface area contributed by atoms with Crippen molar-refractivity contribution in [2.75, 3.05) is 6.61 Å². The normalized spacial score (nSPS) is 17.4. The molecular formula is C13H21N3O4S. The number of hydrogen-bond acceptors (Lipinski definition) is 5. The molecule has 0 aromatic carbocycles. The average Bonchev–Trinajstić information content (AvgIpc) is 2.81. The lowest BCUT2D eigenvalue weighted by Gasteiger charge is -2.16. The largest absolute Gasteiger partial charge is 0.462 e. The monoisotopic (exact) mass is 315 g/mol. The van der Waals surface area contributed by atoms with Crippen molar-refractivity contribution >= 4 is 16.0 Å². The molecule has 0 atom stereocenters. The van der Waals surface area contributed by atoms with Crippen molar-refractivity contribution in [2.45, 2.75) is 56.5 Å². The number of ether oxygens (including phenoxy) is 1. The highest BCUT2D eigenvalue weighted by Crippen LogP contribution is 2.20. The lowest BCUT2D eigenvalue weighted by atomic mass is 10.1. The minimum Gasteiger partial charge on any atom is -0.462 e. The summed E-state index contributed by atoms with van der Waals surface area (Å²) < 4.78 is 32.3. The first-order valence-corrected chi connectivity index (χ1v) is 8.75. The molecule has 2 N–H and O–H groups in total. The first-order valence-electron chi connectivity index (χ1n) is 7.27. The number of hydrogen-bond donors (Lipinski definition) is 2. The molecule has 0 unspecified atom stereocenters. The third-order valence-electron chi connectivity index (χ3n) is 3.55. The topological polar surface area (TPSA) is 101 Å². The van der Waals surface area contributed by atoms with E-state index >= 15 is 0 Å². The molecule has 2 rings (SSSR count). The number of carbonyl (C=O) groups excluding carboxylic acids is 1. The van der Waals surface area contributed by atoms with Gasteiger partial charge in [0.05, 0.1) is 12.8 Å². The van der Waals surface area contributed by atoms with Gasteiger partial charge in [-0.25, -0.2) is 17.9 Å². The van der Waals surface area contributed by atoms with Crippen LogP contribution >= 0.6 is 0 Å². The van der Waals surface area contributed by atoms with Gasteiger partial charge in [-0.1, -0.05) is 25.7 Å². The van der Waals surface area contributed by atoms with Crippen LogP contribution in [-0.2, 0) is 14.8 Å². The van der Waals surface area contributed by atoms with Gasteiger partial charge in [0, 0.05) is 6.04 Å². The number of aromatic nitrogens is 2. The first-order chi connectivity index (χ1) is 10.0. The van der Waals surface area contributed by atoms with Crippen molar-refractivity contribution in [3.05, 3.63) is 11.8 Å². The maximum Gasteiger partial charge on any atom is 0.342 e. The zero-order chi connectivity index (χ0) is 15.3. The number of nitrogens with zero attached hydrogens (tertiary/aromatic N) is 1. The van der Waals surface area contributed by atoms with E-state index in [1.807, 2.05) is 0 Å². The van der Waals surface area contributed by atoms with Crippen LogP contribution < -0.4 is 4.72 Å². The summed E-state index contributed by atoms with van der Waals surface area (Å²) in [5, 5.41) is 5.83. The van der Waals surface area contributed by atoms with Gasteiger partial charge >= 0.3 is 5.97 Å². The number of carbonyl (C=O) groups is 1. The Morgan fingerprint density at radius 3 is 2.67 bits per heavy atom. The molecule has 0 saturated heterocycles. The van der Waals surface area contributed by atoms with Crippen molar-refractivity contribution < 1.29 is 17.9 Å². The molecule has 1 aliphatic carbocycles. The van der Waals surface area contributed by atoms with E-state index in [0.29, 0.717) is 0 Å². The summed E-state index contributed by atoms with van der Waals surface area (Å²) >= 11 is 0. The van der Waals surface area contributed by atoms with Crippen LogP contribution in [0.5, 0.6) is 0 Å². The summed E-state index contributed by atoms with van der Waals surface area (Å²) in [6.07, 6.45) is 7.12. The zero-order valence-electron chi connectivity index (χ0n) is 12.1. The molecule has 0 spiro atoms. The van der Waals surface area contributed by atoms with Crippen molar-refractivity contribution in [1.29, 1.82) is 0 Å². The molecule has 1 heterocycles. The predicted molar refractivity (Wildman–Crippen MR) is 76.4 cm³/mol. The number of aromatic amines is 1. The van der Waals surface area contributed by atoms with Gasteiger partial charge in [-0.15, -0.1) is 0 Å². The fourth-order valence-electron chi connectivity index (χ4n) is 2.51. The van der Waals surface area contributed by atoms with E-state index in [1.165, 1.54) is 6.20 Å². The van der Waals surface area contributed by atoms with E-state index in [0.717, 1.165) is 38.5 Å². The summed E-state index contributed by atoms with van der Waals surface area (Å²) in [6.45, 7) is 1.84. The Kier molecular flexibility index (Phi) is 5.35. The molecule has 0 aliphatic heterocycles. The standard InChI is InChI=1S/C13H21N3O4S/c1-2-20-13(17)11-9-14-15-12(11)21(18,19)16-10-7-5-3-4-6-8-10/h9-10,16H,2-8H2,1H3,(H,14,15). The Hall–Kier alpha value is -1.41. The molecular weight excluding hydrogens is 294 g/mol. The summed E-state index contributed by atoms with van der Waals surface area (Å²) in [4.78, 5) is 11.7. The van der Waals surface area contributed by atoms with Crippen LogP contribution in [0, 0.1) is 0 Å². The second-order valence-electron chi connectivity index (χ2n) is 5.14. The molecule has 0 amide bonds. The lowest BCUT2D eigenvalue weighted by molar-refractivity contribution is 0.0522. The summed E-state index contributed by atoms with van der Waals surface area (Å²) in [5.41, 5.74) is -0.0574. The fourth-order valence-corrected chi connectivity index (χ4v) is 3.90. The number of nitrogens with one attached hydrogen (secondary N) is 2. The van der Waals surface area contributed by atoms with Gasteiger partial charge in [-0.2, -0.15) is 5.10 Å². The van der Waals surface area contributed by atoms with Gasteiger partial charge < -0.3 is 4.74 Å². The Balaban J connectivity index is 2.15. The third-order valence-corrected chi connectivity index (χ3v) is 5.04. The van der Waals surface area contributed by atoms with Gasteiger partial charge in [0.1, 0.15) is 5.56 Å². The lowest BCUT2D eigenvalue weighted by Crippen LogP contribution is -2.35. The van der Waals surface area contributed by atoms with E-state index in [2.05, 4.69) is 14.9 Å². The maximum atomic E-state index is 12.4. The highest BCUT2D eigenvalue weighted by molar-refractivity contribution is 7.89. The Morgan fingerprint density at radius 1 is 1.38 bits per heavy atom. The van der Waals surface area contributed by atoms with Crippen LogP contribution in [0.15, 0.2) is 11.2 Å². The van der Waals surface area contributed by atoms with Gasteiger partial charge in [0.2, 0.25) is 0 Å². The molecule has 1 aromatic rings. The first kappa shape index (κ1) is 16.0. The van der Waals surface area contributed by atoms with Gasteiger partial charge in [-0.3, -0.25) is 5.10 Å². The Bertz CT molecular complexity index is 574. The van der Waals surface area contributed by atoms with E-state index in [1.54, 1.807) is 6.92 Å². The van der Waals surface area contributed by atoms with Crippen LogP contribution in [0.4, 0.5) is 0 Å². The summed E-state index contributed by atoms with van der Waals surface area (Å²) in [6, 6.07) is -0.0872. The van der Waals surface area contributed by atoms with E-state index < -0.39 is 16.0 Å². The van der Waals surface area contributed by atoms with Crippen molar-refractivity contribution in [3.8, 4) is 0 Å². The molecule has 21 heavy (non-hydrogen) atoms. The molecule has 1 fully saturated rings. The molecule has 1 aromatic heterocycles.